The van der Waals surface area contributed by atoms with Crippen LogP contribution < -0.4 is 31.1 Å². The number of nitrogens with zero attached hydrogens (tertiary/aromatic N) is 3. The van der Waals surface area contributed by atoms with E-state index in [1.165, 1.54) is 44.3 Å². The molecule has 8 aromatic carbocycles. The molecule has 1 aromatic heterocycles. The highest BCUT2D eigenvalue weighted by Crippen LogP contribution is 2.56. The molecule has 5 aliphatic rings. The normalized spacial score (nSPS) is 20.3. The largest absolute Gasteiger partial charge is 0.456 e. The molecule has 0 radical (unpaired) electrons. The van der Waals surface area contributed by atoms with E-state index >= 15 is 0 Å². The lowest BCUT2D eigenvalue weighted by Crippen LogP contribution is -2.62. The first-order valence-electron chi connectivity index (χ1n) is 30.8. The van der Waals surface area contributed by atoms with E-state index in [2.05, 4.69) is 184 Å². The molecule has 5 heteroatoms. The summed E-state index contributed by atoms with van der Waals surface area (Å²) < 4.78 is 53.3. The minimum Gasteiger partial charge on any atom is -0.456 e. The van der Waals surface area contributed by atoms with Crippen molar-refractivity contribution < 1.29 is 11.3 Å². The predicted octanol–water partition coefficient (Wildman–Crippen LogP) is 18.2. The maximum Gasteiger partial charge on any atom is 0.252 e. The standard InChI is InChI=1S/C72H74BN3O/c1-67(2)32-33-68(3,4)51-38-47(30-31-50(51)67)75-59-43-54-52(69(5,6)34-36-71(54,9)10)41-56(59)73-57-42-53-55(72(11,12)37-35-70(53,7)8)44-60(57)76(58-27-21-29-64-65(58)49-26-19-20-28-63(49)77-64)62-40-48(39-61(75)66(62)73)74(45-22-15-13-16-23-45)46-24-17-14-18-25-46/h13-31,38-44H,32-37H2,1-12H3/i13D,15D,16D,22D,23D. The number of rotatable bonds is 5. The Hall–Kier alpha value is -6.98. The van der Waals surface area contributed by atoms with Crippen molar-refractivity contribution in [3.05, 3.63) is 191 Å². The topological polar surface area (TPSA) is 22.9 Å². The van der Waals surface area contributed by atoms with Gasteiger partial charge in [0.1, 0.15) is 11.2 Å². The van der Waals surface area contributed by atoms with Crippen molar-refractivity contribution in [3.63, 3.8) is 0 Å². The van der Waals surface area contributed by atoms with Gasteiger partial charge in [-0.2, -0.15) is 0 Å². The average Bonchev–Trinajstić information content (AvgIpc) is 3.00. The Morgan fingerprint density at radius 1 is 0.416 bits per heavy atom. The summed E-state index contributed by atoms with van der Waals surface area (Å²) in [6.07, 6.45) is 6.44. The van der Waals surface area contributed by atoms with Gasteiger partial charge in [-0.1, -0.05) is 162 Å². The lowest BCUT2D eigenvalue weighted by molar-refractivity contribution is 0.332. The highest BCUT2D eigenvalue weighted by Gasteiger charge is 2.50. The number of furan rings is 1. The van der Waals surface area contributed by atoms with Crippen LogP contribution in [0.5, 0.6) is 0 Å². The Balaban J connectivity index is 1.20. The first-order valence-corrected chi connectivity index (χ1v) is 28.3. The van der Waals surface area contributed by atoms with Gasteiger partial charge in [-0.15, -0.1) is 0 Å². The van der Waals surface area contributed by atoms with Gasteiger partial charge in [0, 0.05) is 45.2 Å². The van der Waals surface area contributed by atoms with Crippen molar-refractivity contribution in [2.45, 2.75) is 154 Å². The van der Waals surface area contributed by atoms with E-state index in [0.717, 1.165) is 100 Å². The van der Waals surface area contributed by atoms with Gasteiger partial charge in [0.15, 0.2) is 0 Å². The molecule has 0 N–H and O–H groups in total. The molecule has 77 heavy (non-hydrogen) atoms. The van der Waals surface area contributed by atoms with Crippen LogP contribution in [0.3, 0.4) is 0 Å². The molecule has 386 valence electrons. The van der Waals surface area contributed by atoms with Gasteiger partial charge in [0.2, 0.25) is 0 Å². The summed E-state index contributed by atoms with van der Waals surface area (Å²) in [5.74, 6) is 0. The fraction of sp³-hybridized carbons (Fsp3) is 0.333. The molecule has 0 fully saturated rings. The molecular formula is C72H74BN3O. The zero-order valence-corrected chi connectivity index (χ0v) is 47.2. The molecule has 0 atom stereocenters. The Labute approximate surface area is 465 Å². The molecule has 0 unspecified atom stereocenters. The molecule has 0 bridgehead atoms. The first-order chi connectivity index (χ1) is 38.7. The van der Waals surface area contributed by atoms with Crippen molar-refractivity contribution in [1.29, 1.82) is 0 Å². The molecule has 0 saturated carbocycles. The van der Waals surface area contributed by atoms with Gasteiger partial charge in [-0.05, 0) is 200 Å². The maximum atomic E-state index is 9.71. The van der Waals surface area contributed by atoms with Crippen LogP contribution in [-0.4, -0.2) is 6.71 Å². The Bertz CT molecular complexity index is 4200. The van der Waals surface area contributed by atoms with E-state index in [0.29, 0.717) is 11.4 Å². The van der Waals surface area contributed by atoms with E-state index in [9.17, 15) is 2.74 Å². The zero-order valence-electron chi connectivity index (χ0n) is 52.2. The van der Waals surface area contributed by atoms with E-state index < -0.39 is 6.04 Å². The van der Waals surface area contributed by atoms with Crippen LogP contribution >= 0.6 is 0 Å². The van der Waals surface area contributed by atoms with Crippen LogP contribution in [0, 0.1) is 0 Å². The third kappa shape index (κ3) is 7.17. The predicted molar refractivity (Wildman–Crippen MR) is 328 cm³/mol. The summed E-state index contributed by atoms with van der Waals surface area (Å²) in [7, 11) is 0. The summed E-state index contributed by atoms with van der Waals surface area (Å²) in [6, 6.07) is 45.0. The molecule has 2 aliphatic heterocycles. The highest BCUT2D eigenvalue weighted by molar-refractivity contribution is 7.00. The van der Waals surface area contributed by atoms with Crippen LogP contribution in [0.1, 0.15) is 162 Å². The third-order valence-electron chi connectivity index (χ3n) is 19.7. The zero-order chi connectivity index (χ0) is 57.7. The van der Waals surface area contributed by atoms with Crippen LogP contribution in [0.4, 0.5) is 51.2 Å². The van der Waals surface area contributed by atoms with E-state index in [-0.39, 0.29) is 69.1 Å². The third-order valence-corrected chi connectivity index (χ3v) is 19.7. The van der Waals surface area contributed by atoms with E-state index in [1.807, 2.05) is 41.3 Å². The fourth-order valence-electron chi connectivity index (χ4n) is 14.8. The van der Waals surface area contributed by atoms with Crippen molar-refractivity contribution in [3.8, 4) is 0 Å². The number of hydrogen-bond acceptors (Lipinski definition) is 4. The maximum absolute atomic E-state index is 9.71. The number of para-hydroxylation sites is 3. The smallest absolute Gasteiger partial charge is 0.252 e. The van der Waals surface area contributed by atoms with Crippen molar-refractivity contribution in [2.75, 3.05) is 14.7 Å². The van der Waals surface area contributed by atoms with Gasteiger partial charge < -0.3 is 19.1 Å². The highest BCUT2D eigenvalue weighted by atomic mass is 16.3. The van der Waals surface area contributed by atoms with Crippen LogP contribution in [0.2, 0.25) is 0 Å². The monoisotopic (exact) mass is 1010 g/mol. The second kappa shape index (κ2) is 16.3. The average molecular weight is 1010 g/mol. The molecule has 3 aliphatic carbocycles. The molecule has 0 amide bonds. The van der Waals surface area contributed by atoms with Crippen molar-refractivity contribution in [1.82, 2.24) is 0 Å². The van der Waals surface area contributed by atoms with Gasteiger partial charge >= 0.3 is 0 Å². The summed E-state index contributed by atoms with van der Waals surface area (Å²) in [6.45, 7) is 28.8. The quantitative estimate of drug-likeness (QED) is 0.160. The second-order valence-electron chi connectivity index (χ2n) is 27.3. The lowest BCUT2D eigenvalue weighted by atomic mass is 9.32. The summed E-state index contributed by atoms with van der Waals surface area (Å²) in [5, 5.41) is 2.03. The lowest BCUT2D eigenvalue weighted by Gasteiger charge is -2.49. The molecule has 0 spiro atoms. The number of benzene rings is 8. The number of hydrogen-bond donors (Lipinski definition) is 0. The summed E-state index contributed by atoms with van der Waals surface area (Å²) >= 11 is 0. The van der Waals surface area contributed by atoms with E-state index in [1.54, 1.807) is 0 Å². The number of fused-ring (bicyclic) bond motifs is 10. The molecule has 14 rings (SSSR count). The fourth-order valence-corrected chi connectivity index (χ4v) is 14.8. The van der Waals surface area contributed by atoms with E-state index in [4.69, 9.17) is 8.53 Å². The Kier molecular flexibility index (Phi) is 9.11. The molecule has 9 aromatic rings. The van der Waals surface area contributed by atoms with Gasteiger partial charge in [0.05, 0.1) is 23.6 Å². The summed E-state index contributed by atoms with van der Waals surface area (Å²) in [4.78, 5) is 6.98. The molecule has 4 nitrogen and oxygen atoms in total. The Morgan fingerprint density at radius 3 is 1.51 bits per heavy atom. The van der Waals surface area contributed by atoms with Crippen LogP contribution in [0.25, 0.3) is 21.9 Å². The minimum atomic E-state index is -0.427. The second-order valence-corrected chi connectivity index (χ2v) is 27.3. The van der Waals surface area contributed by atoms with Gasteiger partial charge in [-0.3, -0.25) is 0 Å². The Morgan fingerprint density at radius 2 is 0.909 bits per heavy atom. The first kappa shape index (κ1) is 43.1. The molecular weight excluding hydrogens is 934 g/mol. The minimum absolute atomic E-state index is 0.00780. The summed E-state index contributed by atoms with van der Waals surface area (Å²) in [5.41, 5.74) is 20.7. The van der Waals surface area contributed by atoms with Crippen LogP contribution in [0.15, 0.2) is 162 Å². The SMILES string of the molecule is [2H]c1c([2H])c([2H])c(N(c2ccccc2)c2cc3c4c(c2)N(c2cccc5oc6ccccc6c25)c2cc5c(cc2B4c2cc4c(cc2N3c2ccc3c(c2)C(C)(C)CCC3(C)C)C(C)(C)CCC4(C)C)C(C)(C)CCC5(C)C)c([2H])c1[2H]. The molecule has 3 heterocycles. The molecule has 0 saturated heterocycles. The van der Waals surface area contributed by atoms with Crippen LogP contribution in [-0.2, 0) is 32.5 Å². The van der Waals surface area contributed by atoms with Gasteiger partial charge in [-0.25, -0.2) is 0 Å². The number of anilines is 9. The van der Waals surface area contributed by atoms with Crippen molar-refractivity contribution >= 4 is 96.2 Å². The van der Waals surface area contributed by atoms with Crippen molar-refractivity contribution in [2.24, 2.45) is 0 Å². The van der Waals surface area contributed by atoms with Gasteiger partial charge in [0.25, 0.3) is 6.71 Å².